The number of urea groups is 1. The molecule has 1 unspecified atom stereocenters. The van der Waals surface area contributed by atoms with Crippen molar-refractivity contribution in [1.29, 1.82) is 0 Å². The molecule has 7 heteroatoms. The van der Waals surface area contributed by atoms with Crippen molar-refractivity contribution in [1.82, 2.24) is 10.6 Å². The molecule has 1 aromatic heterocycles. The number of amides is 3. The maximum atomic E-state index is 13.5. The SMILES string of the molecule is CCCC(=O)Nc1cccc(CNC(=O)NC(C)c2oc3ccc(F)cc3c2C)c1. The molecule has 1 heterocycles. The Morgan fingerprint density at radius 1 is 1.17 bits per heavy atom. The summed E-state index contributed by atoms with van der Waals surface area (Å²) in [5.41, 5.74) is 2.95. The van der Waals surface area contributed by atoms with E-state index in [1.54, 1.807) is 6.07 Å². The number of nitrogens with one attached hydrogen (secondary N) is 3. The van der Waals surface area contributed by atoms with Gasteiger partial charge in [0.2, 0.25) is 5.91 Å². The molecule has 0 saturated heterocycles. The van der Waals surface area contributed by atoms with Crippen molar-refractivity contribution >= 4 is 28.6 Å². The van der Waals surface area contributed by atoms with Crippen LogP contribution in [0.3, 0.4) is 0 Å². The topological polar surface area (TPSA) is 83.4 Å². The third-order valence-corrected chi connectivity index (χ3v) is 4.82. The highest BCUT2D eigenvalue weighted by molar-refractivity contribution is 5.90. The highest BCUT2D eigenvalue weighted by Gasteiger charge is 2.18. The van der Waals surface area contributed by atoms with E-state index in [4.69, 9.17) is 4.42 Å². The van der Waals surface area contributed by atoms with Crippen LogP contribution < -0.4 is 16.0 Å². The fourth-order valence-corrected chi connectivity index (χ4v) is 3.33. The lowest BCUT2D eigenvalue weighted by molar-refractivity contribution is -0.116. The molecule has 2 aromatic carbocycles. The number of carbonyl (C=O) groups excluding carboxylic acids is 2. The maximum absolute atomic E-state index is 13.5. The Hall–Kier alpha value is -3.35. The van der Waals surface area contributed by atoms with Crippen molar-refractivity contribution in [3.05, 3.63) is 65.2 Å². The third-order valence-electron chi connectivity index (χ3n) is 4.82. The Balaban J connectivity index is 1.58. The Morgan fingerprint density at radius 2 is 1.97 bits per heavy atom. The minimum atomic E-state index is -0.389. The van der Waals surface area contributed by atoms with Gasteiger partial charge in [-0.25, -0.2) is 9.18 Å². The van der Waals surface area contributed by atoms with Crippen molar-refractivity contribution in [2.24, 2.45) is 0 Å². The van der Waals surface area contributed by atoms with Gasteiger partial charge in [0.15, 0.2) is 0 Å². The first-order valence-corrected chi connectivity index (χ1v) is 9.99. The van der Waals surface area contributed by atoms with E-state index < -0.39 is 0 Å². The zero-order valence-electron chi connectivity index (χ0n) is 17.3. The second-order valence-corrected chi connectivity index (χ2v) is 7.28. The molecule has 0 aliphatic rings. The van der Waals surface area contributed by atoms with Crippen LogP contribution in [0.4, 0.5) is 14.9 Å². The second kappa shape index (κ2) is 9.43. The van der Waals surface area contributed by atoms with Gasteiger partial charge >= 0.3 is 6.03 Å². The summed E-state index contributed by atoms with van der Waals surface area (Å²) in [5, 5.41) is 9.18. The molecule has 3 rings (SSSR count). The van der Waals surface area contributed by atoms with Crippen LogP contribution in [0.25, 0.3) is 11.0 Å². The monoisotopic (exact) mass is 411 g/mol. The van der Waals surface area contributed by atoms with Crippen molar-refractivity contribution in [2.75, 3.05) is 5.32 Å². The Morgan fingerprint density at radius 3 is 2.73 bits per heavy atom. The summed E-state index contributed by atoms with van der Waals surface area (Å²) in [7, 11) is 0. The van der Waals surface area contributed by atoms with Crippen LogP contribution in [0, 0.1) is 12.7 Å². The molecule has 0 aliphatic heterocycles. The zero-order chi connectivity index (χ0) is 21.7. The van der Waals surface area contributed by atoms with Gasteiger partial charge in [-0.1, -0.05) is 19.1 Å². The number of rotatable bonds is 7. The lowest BCUT2D eigenvalue weighted by atomic mass is 10.1. The standard InChI is InChI=1S/C23H26FN3O3/c1-4-6-21(28)27-18-8-5-7-16(11-18)13-25-23(29)26-15(3)22-14(2)19-12-17(24)9-10-20(19)30-22/h5,7-12,15H,4,6,13H2,1-3H3,(H,27,28)(H2,25,26,29). The van der Waals surface area contributed by atoms with Crippen LogP contribution in [0.2, 0.25) is 0 Å². The molecule has 0 spiro atoms. The number of fused-ring (bicyclic) bond motifs is 1. The van der Waals surface area contributed by atoms with E-state index in [9.17, 15) is 14.0 Å². The summed E-state index contributed by atoms with van der Waals surface area (Å²) in [5.74, 6) is 0.228. The first kappa shape index (κ1) is 21.4. The average molecular weight is 411 g/mol. The first-order valence-electron chi connectivity index (χ1n) is 9.99. The van der Waals surface area contributed by atoms with Gasteiger partial charge in [0, 0.05) is 29.6 Å². The molecule has 3 aromatic rings. The second-order valence-electron chi connectivity index (χ2n) is 7.28. The minimum Gasteiger partial charge on any atom is -0.459 e. The zero-order valence-corrected chi connectivity index (χ0v) is 17.3. The summed E-state index contributed by atoms with van der Waals surface area (Å²) >= 11 is 0. The van der Waals surface area contributed by atoms with E-state index in [0.29, 0.717) is 35.4 Å². The molecule has 0 aliphatic carbocycles. The molecule has 158 valence electrons. The van der Waals surface area contributed by atoms with Crippen LogP contribution in [0.5, 0.6) is 0 Å². The fourth-order valence-electron chi connectivity index (χ4n) is 3.33. The van der Waals surface area contributed by atoms with Gasteiger partial charge in [0.05, 0.1) is 6.04 Å². The van der Waals surface area contributed by atoms with Crippen LogP contribution in [0.1, 0.15) is 49.6 Å². The number of aryl methyl sites for hydroxylation is 1. The molecule has 0 radical (unpaired) electrons. The predicted molar refractivity (Wildman–Crippen MR) is 115 cm³/mol. The Kier molecular flexibility index (Phi) is 6.72. The van der Waals surface area contributed by atoms with Gasteiger partial charge in [-0.3, -0.25) is 4.79 Å². The highest BCUT2D eigenvalue weighted by atomic mass is 19.1. The van der Waals surface area contributed by atoms with Gasteiger partial charge < -0.3 is 20.4 Å². The summed E-state index contributed by atoms with van der Waals surface area (Å²) in [6.45, 7) is 5.91. The fraction of sp³-hybridized carbons (Fsp3) is 0.304. The van der Waals surface area contributed by atoms with Crippen LogP contribution in [-0.4, -0.2) is 11.9 Å². The average Bonchev–Trinajstić information content (AvgIpc) is 3.03. The molecule has 3 amide bonds. The van der Waals surface area contributed by atoms with Crippen molar-refractivity contribution < 1.29 is 18.4 Å². The summed E-state index contributed by atoms with van der Waals surface area (Å²) in [6.07, 6.45) is 1.25. The molecule has 1 atom stereocenters. The smallest absolute Gasteiger partial charge is 0.315 e. The molecule has 0 bridgehead atoms. The number of benzene rings is 2. The summed E-state index contributed by atoms with van der Waals surface area (Å²) < 4.78 is 19.3. The van der Waals surface area contributed by atoms with Gasteiger partial charge in [0.25, 0.3) is 0 Å². The molecule has 3 N–H and O–H groups in total. The van der Waals surface area contributed by atoms with Crippen molar-refractivity contribution in [3.63, 3.8) is 0 Å². The Labute approximate surface area is 174 Å². The first-order chi connectivity index (χ1) is 14.4. The highest BCUT2D eigenvalue weighted by Crippen LogP contribution is 2.29. The molecular formula is C23H26FN3O3. The van der Waals surface area contributed by atoms with Gasteiger partial charge in [-0.2, -0.15) is 0 Å². The number of carbonyl (C=O) groups is 2. The predicted octanol–water partition coefficient (Wildman–Crippen LogP) is 5.18. The normalized spacial score (nSPS) is 11.9. The number of furan rings is 1. The van der Waals surface area contributed by atoms with Gasteiger partial charge in [0.1, 0.15) is 17.2 Å². The number of anilines is 1. The number of hydrogen-bond acceptors (Lipinski definition) is 3. The van der Waals surface area contributed by atoms with E-state index in [1.807, 2.05) is 45.0 Å². The third kappa shape index (κ3) is 5.17. The minimum absolute atomic E-state index is 0.0322. The molecule has 0 fully saturated rings. The molecule has 0 saturated carbocycles. The van der Waals surface area contributed by atoms with Gasteiger partial charge in [-0.15, -0.1) is 0 Å². The quantitative estimate of drug-likeness (QED) is 0.501. The van der Waals surface area contributed by atoms with Crippen LogP contribution in [-0.2, 0) is 11.3 Å². The lowest BCUT2D eigenvalue weighted by Gasteiger charge is -2.14. The largest absolute Gasteiger partial charge is 0.459 e. The number of halogens is 1. The van der Waals surface area contributed by atoms with Crippen molar-refractivity contribution in [2.45, 2.75) is 46.2 Å². The van der Waals surface area contributed by atoms with E-state index in [1.165, 1.54) is 12.1 Å². The van der Waals surface area contributed by atoms with E-state index in [0.717, 1.165) is 17.5 Å². The van der Waals surface area contributed by atoms with E-state index >= 15 is 0 Å². The lowest BCUT2D eigenvalue weighted by Crippen LogP contribution is -2.36. The molecule has 6 nitrogen and oxygen atoms in total. The Bertz CT molecular complexity index is 1060. The molecule has 30 heavy (non-hydrogen) atoms. The summed E-state index contributed by atoms with van der Waals surface area (Å²) in [4.78, 5) is 24.1. The van der Waals surface area contributed by atoms with Crippen LogP contribution >= 0.6 is 0 Å². The maximum Gasteiger partial charge on any atom is 0.315 e. The van der Waals surface area contributed by atoms with E-state index in [2.05, 4.69) is 16.0 Å². The summed E-state index contributed by atoms with van der Waals surface area (Å²) in [6, 6.07) is 11.0. The van der Waals surface area contributed by atoms with Crippen LogP contribution in [0.15, 0.2) is 46.9 Å². The van der Waals surface area contributed by atoms with Gasteiger partial charge in [-0.05, 0) is 56.2 Å². The van der Waals surface area contributed by atoms with Crippen molar-refractivity contribution in [3.8, 4) is 0 Å². The van der Waals surface area contributed by atoms with E-state index in [-0.39, 0.29) is 23.8 Å². The molecular weight excluding hydrogens is 385 g/mol. The number of hydrogen-bond donors (Lipinski definition) is 3.